The Labute approximate surface area is 124 Å². The summed E-state index contributed by atoms with van der Waals surface area (Å²) < 4.78 is 19.0. The van der Waals surface area contributed by atoms with Gasteiger partial charge in [0.15, 0.2) is 0 Å². The van der Waals surface area contributed by atoms with Gasteiger partial charge in [0.1, 0.15) is 11.6 Å². The number of ether oxygens (including phenoxy) is 1. The highest BCUT2D eigenvalue weighted by molar-refractivity contribution is 5.92. The van der Waals surface area contributed by atoms with E-state index in [1.54, 1.807) is 6.07 Å². The summed E-state index contributed by atoms with van der Waals surface area (Å²) in [6, 6.07) is 4.50. The lowest BCUT2D eigenvalue weighted by Gasteiger charge is -2.14. The number of hydrogen-bond donors (Lipinski definition) is 2. The van der Waals surface area contributed by atoms with Crippen LogP contribution in [0.1, 0.15) is 32.1 Å². The van der Waals surface area contributed by atoms with Gasteiger partial charge in [-0.3, -0.25) is 4.79 Å². The van der Waals surface area contributed by atoms with E-state index in [0.717, 1.165) is 19.4 Å². The van der Waals surface area contributed by atoms with Crippen LogP contribution in [0.3, 0.4) is 0 Å². The van der Waals surface area contributed by atoms with Crippen molar-refractivity contribution in [3.63, 3.8) is 0 Å². The highest BCUT2D eigenvalue weighted by atomic mass is 19.1. The van der Waals surface area contributed by atoms with Crippen molar-refractivity contribution in [3.05, 3.63) is 24.0 Å². The lowest BCUT2D eigenvalue weighted by molar-refractivity contribution is -0.116. The quantitative estimate of drug-likeness (QED) is 0.847. The van der Waals surface area contributed by atoms with Gasteiger partial charge in [0.05, 0.1) is 12.3 Å². The van der Waals surface area contributed by atoms with E-state index in [2.05, 4.69) is 10.6 Å². The molecule has 1 aromatic rings. The second-order valence-corrected chi connectivity index (χ2v) is 5.94. The van der Waals surface area contributed by atoms with Crippen molar-refractivity contribution in [1.29, 1.82) is 0 Å². The van der Waals surface area contributed by atoms with Crippen molar-refractivity contribution in [2.75, 3.05) is 18.5 Å². The molecule has 1 saturated carbocycles. The molecule has 0 spiro atoms. The minimum atomic E-state index is -0.351. The minimum absolute atomic E-state index is 0.0581. The number of nitrogens with one attached hydrogen (secondary N) is 2. The number of hydrogen-bond acceptors (Lipinski definition) is 3. The van der Waals surface area contributed by atoms with Gasteiger partial charge in [0.25, 0.3) is 0 Å². The predicted octanol–water partition coefficient (Wildman–Crippen LogP) is 2.70. The van der Waals surface area contributed by atoms with Crippen LogP contribution in [0.4, 0.5) is 10.1 Å². The Morgan fingerprint density at radius 1 is 1.38 bits per heavy atom. The number of carbonyl (C=O) groups excluding carboxylic acids is 1. The first-order valence-corrected chi connectivity index (χ1v) is 7.66. The summed E-state index contributed by atoms with van der Waals surface area (Å²) >= 11 is 0. The fourth-order valence-corrected chi connectivity index (χ4v) is 2.57. The number of amides is 1. The van der Waals surface area contributed by atoms with Gasteiger partial charge < -0.3 is 15.4 Å². The summed E-state index contributed by atoms with van der Waals surface area (Å²) in [6.45, 7) is 1.57. The summed E-state index contributed by atoms with van der Waals surface area (Å²) in [7, 11) is 0. The summed E-state index contributed by atoms with van der Waals surface area (Å²) in [5.41, 5.74) is 0.556. The lowest BCUT2D eigenvalue weighted by Crippen LogP contribution is -2.27. The van der Waals surface area contributed by atoms with Gasteiger partial charge in [-0.2, -0.15) is 0 Å². The van der Waals surface area contributed by atoms with Crippen LogP contribution < -0.4 is 15.4 Å². The zero-order chi connectivity index (χ0) is 14.7. The first-order chi connectivity index (χ1) is 10.2. The lowest BCUT2D eigenvalue weighted by atomic mass is 10.1. The number of halogens is 1. The van der Waals surface area contributed by atoms with E-state index in [1.165, 1.54) is 25.0 Å². The normalized spacial score (nSPS) is 21.3. The van der Waals surface area contributed by atoms with E-state index in [1.807, 2.05) is 0 Å². The average molecular weight is 292 g/mol. The summed E-state index contributed by atoms with van der Waals surface area (Å²) in [5, 5.41) is 6.13. The van der Waals surface area contributed by atoms with E-state index in [4.69, 9.17) is 4.74 Å². The zero-order valence-corrected chi connectivity index (χ0v) is 12.0. The molecule has 2 aliphatic rings. The van der Waals surface area contributed by atoms with Gasteiger partial charge in [-0.25, -0.2) is 4.39 Å². The Hall–Kier alpha value is -1.62. The second kappa shape index (κ2) is 6.43. The average Bonchev–Trinajstić information content (AvgIpc) is 3.15. The molecule has 3 rings (SSSR count). The molecular formula is C16H21FN2O2. The SMILES string of the molecule is O=C(CC1CCCN1)Nc1ccc(F)cc1OCC1CC1. The molecular weight excluding hydrogens is 271 g/mol. The molecule has 0 aromatic heterocycles. The molecule has 21 heavy (non-hydrogen) atoms. The number of rotatable bonds is 6. The van der Waals surface area contributed by atoms with Crippen LogP contribution in [0.15, 0.2) is 18.2 Å². The van der Waals surface area contributed by atoms with Gasteiger partial charge >= 0.3 is 0 Å². The van der Waals surface area contributed by atoms with E-state index < -0.39 is 0 Å². The molecule has 1 amide bonds. The third-order valence-corrected chi connectivity index (χ3v) is 3.98. The second-order valence-electron chi connectivity index (χ2n) is 5.94. The Balaban J connectivity index is 1.60. The first-order valence-electron chi connectivity index (χ1n) is 7.66. The van der Waals surface area contributed by atoms with Crippen LogP contribution in [-0.2, 0) is 4.79 Å². The molecule has 0 bridgehead atoms. The van der Waals surface area contributed by atoms with Crippen molar-refractivity contribution >= 4 is 11.6 Å². The van der Waals surface area contributed by atoms with Crippen LogP contribution in [0, 0.1) is 11.7 Å². The summed E-state index contributed by atoms with van der Waals surface area (Å²) in [5.74, 6) is 0.600. The molecule has 1 saturated heterocycles. The highest BCUT2D eigenvalue weighted by Crippen LogP contribution is 2.32. The Bertz CT molecular complexity index is 511. The molecule has 1 aromatic carbocycles. The van der Waals surface area contributed by atoms with Crippen LogP contribution >= 0.6 is 0 Å². The summed E-state index contributed by atoms with van der Waals surface area (Å²) in [4.78, 5) is 12.1. The smallest absolute Gasteiger partial charge is 0.226 e. The molecule has 1 unspecified atom stereocenters. The molecule has 1 aliphatic carbocycles. The van der Waals surface area contributed by atoms with E-state index in [0.29, 0.717) is 30.4 Å². The zero-order valence-electron chi connectivity index (χ0n) is 12.0. The largest absolute Gasteiger partial charge is 0.491 e. The van der Waals surface area contributed by atoms with Crippen LogP contribution in [-0.4, -0.2) is 25.1 Å². The van der Waals surface area contributed by atoms with E-state index in [9.17, 15) is 9.18 Å². The highest BCUT2D eigenvalue weighted by Gasteiger charge is 2.23. The van der Waals surface area contributed by atoms with Crippen LogP contribution in [0.25, 0.3) is 0 Å². The molecule has 0 radical (unpaired) electrons. The van der Waals surface area contributed by atoms with Crippen molar-refractivity contribution in [2.45, 2.75) is 38.1 Å². The van der Waals surface area contributed by atoms with Crippen LogP contribution in [0.2, 0.25) is 0 Å². The maximum Gasteiger partial charge on any atom is 0.226 e. The Kier molecular flexibility index (Phi) is 4.39. The van der Waals surface area contributed by atoms with E-state index in [-0.39, 0.29) is 17.8 Å². The Morgan fingerprint density at radius 3 is 2.95 bits per heavy atom. The fraction of sp³-hybridized carbons (Fsp3) is 0.562. The topological polar surface area (TPSA) is 50.4 Å². The van der Waals surface area contributed by atoms with Gasteiger partial charge in [-0.15, -0.1) is 0 Å². The minimum Gasteiger partial charge on any atom is -0.491 e. The predicted molar refractivity (Wildman–Crippen MR) is 78.9 cm³/mol. The van der Waals surface area contributed by atoms with Gasteiger partial charge in [0, 0.05) is 18.5 Å². The molecule has 2 fully saturated rings. The maximum absolute atomic E-state index is 13.3. The molecule has 1 aliphatic heterocycles. The van der Waals surface area contributed by atoms with Crippen LogP contribution in [0.5, 0.6) is 5.75 Å². The van der Waals surface area contributed by atoms with Crippen molar-refractivity contribution in [1.82, 2.24) is 5.32 Å². The standard InChI is InChI=1S/C16H21FN2O2/c17-12-5-6-14(15(8-12)21-10-11-3-4-11)19-16(20)9-13-2-1-7-18-13/h5-6,8,11,13,18H,1-4,7,9-10H2,(H,19,20). The monoisotopic (exact) mass is 292 g/mol. The molecule has 114 valence electrons. The first kappa shape index (κ1) is 14.3. The number of benzene rings is 1. The van der Waals surface area contributed by atoms with Crippen molar-refractivity contribution < 1.29 is 13.9 Å². The van der Waals surface area contributed by atoms with Gasteiger partial charge in [0.2, 0.25) is 5.91 Å². The maximum atomic E-state index is 13.3. The third-order valence-electron chi connectivity index (χ3n) is 3.98. The third kappa shape index (κ3) is 4.17. The molecule has 2 N–H and O–H groups in total. The number of anilines is 1. The molecule has 1 heterocycles. The van der Waals surface area contributed by atoms with Crippen molar-refractivity contribution in [3.8, 4) is 5.75 Å². The van der Waals surface area contributed by atoms with Gasteiger partial charge in [-0.1, -0.05) is 0 Å². The van der Waals surface area contributed by atoms with Crippen molar-refractivity contribution in [2.24, 2.45) is 5.92 Å². The van der Waals surface area contributed by atoms with Gasteiger partial charge in [-0.05, 0) is 50.3 Å². The molecule has 5 heteroatoms. The fourth-order valence-electron chi connectivity index (χ4n) is 2.57. The van der Waals surface area contributed by atoms with E-state index >= 15 is 0 Å². The molecule has 4 nitrogen and oxygen atoms in total. The Morgan fingerprint density at radius 2 is 2.24 bits per heavy atom. The summed E-state index contributed by atoms with van der Waals surface area (Å²) in [6.07, 6.45) is 4.93. The molecule has 1 atom stereocenters. The number of carbonyl (C=O) groups is 1.